The van der Waals surface area contributed by atoms with Crippen LogP contribution in [0.4, 0.5) is 0 Å². The molecule has 0 spiro atoms. The Balaban J connectivity index is 1.38. The normalized spacial score (nSPS) is 20.7. The van der Waals surface area contributed by atoms with Crippen molar-refractivity contribution >= 4 is 5.91 Å². The van der Waals surface area contributed by atoms with Gasteiger partial charge in [0, 0.05) is 36.9 Å². The number of amides is 1. The van der Waals surface area contributed by atoms with Crippen LogP contribution in [0.1, 0.15) is 36.4 Å². The fourth-order valence-corrected chi connectivity index (χ4v) is 4.23. The summed E-state index contributed by atoms with van der Waals surface area (Å²) < 4.78 is 17.0. The van der Waals surface area contributed by atoms with Gasteiger partial charge in [0.1, 0.15) is 11.8 Å². The molecule has 2 aromatic carbocycles. The van der Waals surface area contributed by atoms with Crippen molar-refractivity contribution in [3.8, 4) is 17.2 Å². The molecule has 0 aromatic heterocycles. The van der Waals surface area contributed by atoms with E-state index in [4.69, 9.17) is 14.2 Å². The van der Waals surface area contributed by atoms with Crippen molar-refractivity contribution in [3.05, 3.63) is 53.6 Å². The maximum Gasteiger partial charge on any atom is 0.275 e. The molecule has 1 amide bonds. The lowest BCUT2D eigenvalue weighted by Gasteiger charge is -2.22. The van der Waals surface area contributed by atoms with E-state index in [0.717, 1.165) is 48.6 Å². The van der Waals surface area contributed by atoms with E-state index in [9.17, 15) is 4.79 Å². The first-order valence-corrected chi connectivity index (χ1v) is 10.4. The van der Waals surface area contributed by atoms with Crippen molar-refractivity contribution in [2.75, 3.05) is 33.4 Å². The van der Waals surface area contributed by atoms with E-state index in [1.165, 1.54) is 10.5 Å². The SMILES string of the molecule is COc1ccccc1CNC(=O)C[NH+]1CCC[C@H]1c1ccc2c(c1)OCCCO2. The van der Waals surface area contributed by atoms with E-state index in [0.29, 0.717) is 32.3 Å². The quantitative estimate of drug-likeness (QED) is 0.782. The van der Waals surface area contributed by atoms with Gasteiger partial charge in [0.25, 0.3) is 5.91 Å². The number of hydrogen-bond acceptors (Lipinski definition) is 4. The minimum Gasteiger partial charge on any atom is -0.496 e. The predicted octanol–water partition coefficient (Wildman–Crippen LogP) is 1.89. The second-order valence-corrected chi connectivity index (χ2v) is 7.63. The second kappa shape index (κ2) is 9.18. The number of carbonyl (C=O) groups is 1. The van der Waals surface area contributed by atoms with Crippen LogP contribution in [0.25, 0.3) is 0 Å². The summed E-state index contributed by atoms with van der Waals surface area (Å²) in [7, 11) is 1.65. The van der Waals surface area contributed by atoms with Crippen LogP contribution in [-0.2, 0) is 11.3 Å². The Bertz CT molecular complexity index is 855. The number of methoxy groups -OCH3 is 1. The minimum absolute atomic E-state index is 0.0622. The number of fused-ring (bicyclic) bond motifs is 1. The van der Waals surface area contributed by atoms with Crippen LogP contribution < -0.4 is 24.4 Å². The van der Waals surface area contributed by atoms with Gasteiger partial charge in [0.15, 0.2) is 18.0 Å². The van der Waals surface area contributed by atoms with Crippen molar-refractivity contribution in [2.45, 2.75) is 31.8 Å². The van der Waals surface area contributed by atoms with E-state index in [-0.39, 0.29) is 5.91 Å². The van der Waals surface area contributed by atoms with Gasteiger partial charge in [-0.1, -0.05) is 18.2 Å². The molecule has 29 heavy (non-hydrogen) atoms. The minimum atomic E-state index is 0.0622. The van der Waals surface area contributed by atoms with Gasteiger partial charge in [0.05, 0.1) is 26.9 Å². The largest absolute Gasteiger partial charge is 0.496 e. The zero-order chi connectivity index (χ0) is 20.1. The molecule has 6 heteroatoms. The van der Waals surface area contributed by atoms with Crippen LogP contribution in [0.3, 0.4) is 0 Å². The molecule has 1 saturated heterocycles. The zero-order valence-electron chi connectivity index (χ0n) is 16.9. The molecule has 2 atom stereocenters. The summed E-state index contributed by atoms with van der Waals surface area (Å²) in [6, 6.07) is 14.3. The van der Waals surface area contributed by atoms with Gasteiger partial charge in [-0.25, -0.2) is 0 Å². The summed E-state index contributed by atoms with van der Waals surface area (Å²) in [5.41, 5.74) is 2.21. The van der Waals surface area contributed by atoms with E-state index < -0.39 is 0 Å². The highest BCUT2D eigenvalue weighted by Gasteiger charge is 2.32. The molecule has 2 heterocycles. The van der Waals surface area contributed by atoms with Crippen molar-refractivity contribution in [3.63, 3.8) is 0 Å². The first kappa shape index (κ1) is 19.6. The van der Waals surface area contributed by atoms with Crippen LogP contribution in [-0.4, -0.2) is 39.3 Å². The van der Waals surface area contributed by atoms with Crippen LogP contribution >= 0.6 is 0 Å². The number of benzene rings is 2. The highest BCUT2D eigenvalue weighted by molar-refractivity contribution is 5.76. The number of ether oxygens (including phenoxy) is 3. The molecule has 1 unspecified atom stereocenters. The number of nitrogens with one attached hydrogen (secondary N) is 2. The monoisotopic (exact) mass is 397 g/mol. The number of rotatable bonds is 6. The van der Waals surface area contributed by atoms with Gasteiger partial charge in [-0.05, 0) is 24.3 Å². The molecule has 2 N–H and O–H groups in total. The number of carbonyl (C=O) groups excluding carboxylic acids is 1. The Hall–Kier alpha value is -2.73. The van der Waals surface area contributed by atoms with E-state index in [2.05, 4.69) is 17.4 Å². The van der Waals surface area contributed by atoms with Gasteiger partial charge in [0.2, 0.25) is 0 Å². The number of likely N-dealkylation sites (tertiary alicyclic amines) is 1. The summed E-state index contributed by atoms with van der Waals surface area (Å²) >= 11 is 0. The van der Waals surface area contributed by atoms with Crippen molar-refractivity contribution in [2.24, 2.45) is 0 Å². The smallest absolute Gasteiger partial charge is 0.275 e. The Morgan fingerprint density at radius 1 is 1.14 bits per heavy atom. The van der Waals surface area contributed by atoms with Gasteiger partial charge >= 0.3 is 0 Å². The molecule has 0 radical (unpaired) electrons. The van der Waals surface area contributed by atoms with Crippen LogP contribution in [0.2, 0.25) is 0 Å². The number of para-hydroxylation sites is 1. The Morgan fingerprint density at radius 3 is 2.83 bits per heavy atom. The molecule has 6 nitrogen and oxygen atoms in total. The van der Waals surface area contributed by atoms with Crippen LogP contribution in [0.5, 0.6) is 17.2 Å². The third-order valence-electron chi connectivity index (χ3n) is 5.71. The molecule has 0 saturated carbocycles. The third-order valence-corrected chi connectivity index (χ3v) is 5.71. The Kier molecular flexibility index (Phi) is 6.20. The standard InChI is InChI=1S/C23H28N2O4/c1-27-20-8-3-2-6-18(20)15-24-23(26)16-25-11-4-7-19(25)17-9-10-21-22(14-17)29-13-5-12-28-21/h2-3,6,8-10,14,19H,4-5,7,11-13,15-16H2,1H3,(H,24,26)/p+1/t19-/m0/s1. The molecular weight excluding hydrogens is 368 g/mol. The van der Waals surface area contributed by atoms with E-state index >= 15 is 0 Å². The van der Waals surface area contributed by atoms with Gasteiger partial charge in [-0.2, -0.15) is 0 Å². The average molecular weight is 397 g/mol. The third kappa shape index (κ3) is 4.65. The molecule has 2 aliphatic rings. The zero-order valence-corrected chi connectivity index (χ0v) is 16.9. The Morgan fingerprint density at radius 2 is 1.97 bits per heavy atom. The van der Waals surface area contributed by atoms with Crippen molar-refractivity contribution in [1.82, 2.24) is 5.32 Å². The van der Waals surface area contributed by atoms with E-state index in [1.807, 2.05) is 30.3 Å². The summed E-state index contributed by atoms with van der Waals surface area (Å²) in [6.45, 7) is 3.32. The lowest BCUT2D eigenvalue weighted by molar-refractivity contribution is -0.910. The molecule has 1 fully saturated rings. The van der Waals surface area contributed by atoms with Crippen molar-refractivity contribution < 1.29 is 23.9 Å². The first-order valence-electron chi connectivity index (χ1n) is 10.4. The maximum absolute atomic E-state index is 12.6. The topological polar surface area (TPSA) is 61.2 Å². The van der Waals surface area contributed by atoms with Crippen LogP contribution in [0.15, 0.2) is 42.5 Å². The van der Waals surface area contributed by atoms with Gasteiger partial charge < -0.3 is 24.4 Å². The first-order chi connectivity index (χ1) is 14.2. The molecule has 0 bridgehead atoms. The van der Waals surface area contributed by atoms with E-state index in [1.54, 1.807) is 7.11 Å². The predicted molar refractivity (Wildman–Crippen MR) is 110 cm³/mol. The summed E-state index contributed by atoms with van der Waals surface area (Å²) in [4.78, 5) is 13.9. The highest BCUT2D eigenvalue weighted by atomic mass is 16.5. The molecule has 0 aliphatic carbocycles. The molecule has 4 rings (SSSR count). The van der Waals surface area contributed by atoms with Crippen molar-refractivity contribution in [1.29, 1.82) is 0 Å². The van der Waals surface area contributed by atoms with Gasteiger partial charge in [-0.3, -0.25) is 4.79 Å². The fraction of sp³-hybridized carbons (Fsp3) is 0.435. The molecule has 2 aliphatic heterocycles. The molecule has 154 valence electrons. The lowest BCUT2D eigenvalue weighted by Crippen LogP contribution is -3.11. The van der Waals surface area contributed by atoms with Crippen LogP contribution in [0, 0.1) is 0 Å². The highest BCUT2D eigenvalue weighted by Crippen LogP contribution is 2.33. The second-order valence-electron chi connectivity index (χ2n) is 7.63. The Labute approximate surface area is 171 Å². The lowest BCUT2D eigenvalue weighted by atomic mass is 10.0. The molecule has 2 aromatic rings. The summed E-state index contributed by atoms with van der Waals surface area (Å²) in [6.07, 6.45) is 3.10. The van der Waals surface area contributed by atoms with Gasteiger partial charge in [-0.15, -0.1) is 0 Å². The average Bonchev–Trinajstić information content (AvgIpc) is 3.07. The summed E-state index contributed by atoms with van der Waals surface area (Å²) in [5, 5.41) is 3.05. The summed E-state index contributed by atoms with van der Waals surface area (Å²) in [5.74, 6) is 2.51. The fourth-order valence-electron chi connectivity index (χ4n) is 4.23. The molecular formula is C23H29N2O4+. The maximum atomic E-state index is 12.6. The number of hydrogen-bond donors (Lipinski definition) is 2. The number of quaternary nitrogens is 1.